The molecule has 3 nitrogen and oxygen atoms in total. The molecule has 1 N–H and O–H groups in total. The summed E-state index contributed by atoms with van der Waals surface area (Å²) in [6.45, 7) is 5.73. The standard InChI is InChI=1S/C16H25ClN2O/c1-3-8-18-12-13-4-5-15(11-16(13)17)19(9-10-20-2)14-6-7-14/h4-5,11,14,18H,3,6-10,12H2,1-2H3. The minimum absolute atomic E-state index is 0.672. The van der Waals surface area contributed by atoms with Crippen LogP contribution in [0.1, 0.15) is 31.7 Å². The molecule has 1 aromatic rings. The van der Waals surface area contributed by atoms with Crippen LogP contribution in [-0.2, 0) is 11.3 Å². The Labute approximate surface area is 127 Å². The van der Waals surface area contributed by atoms with E-state index in [4.69, 9.17) is 16.3 Å². The first kappa shape index (κ1) is 15.6. The summed E-state index contributed by atoms with van der Waals surface area (Å²) in [5.74, 6) is 0. The topological polar surface area (TPSA) is 24.5 Å². The van der Waals surface area contributed by atoms with Gasteiger partial charge in [0.25, 0.3) is 0 Å². The van der Waals surface area contributed by atoms with E-state index in [0.717, 1.165) is 37.7 Å². The molecular formula is C16H25ClN2O. The summed E-state index contributed by atoms with van der Waals surface area (Å²) in [6, 6.07) is 7.09. The molecule has 0 bridgehead atoms. The van der Waals surface area contributed by atoms with Gasteiger partial charge in [0.1, 0.15) is 0 Å². The van der Waals surface area contributed by atoms with Gasteiger partial charge in [-0.25, -0.2) is 0 Å². The van der Waals surface area contributed by atoms with Crippen LogP contribution in [0.5, 0.6) is 0 Å². The van der Waals surface area contributed by atoms with Crippen LogP contribution in [0.4, 0.5) is 5.69 Å². The molecule has 2 rings (SSSR count). The maximum Gasteiger partial charge on any atom is 0.0637 e. The normalized spacial score (nSPS) is 14.6. The molecule has 0 amide bonds. The van der Waals surface area contributed by atoms with Gasteiger partial charge < -0.3 is 15.0 Å². The van der Waals surface area contributed by atoms with Gasteiger partial charge in [0.2, 0.25) is 0 Å². The van der Waals surface area contributed by atoms with Gasteiger partial charge in [0.05, 0.1) is 6.61 Å². The van der Waals surface area contributed by atoms with E-state index in [1.165, 1.54) is 24.1 Å². The highest BCUT2D eigenvalue weighted by molar-refractivity contribution is 6.31. The van der Waals surface area contributed by atoms with Gasteiger partial charge in [-0.1, -0.05) is 24.6 Å². The summed E-state index contributed by atoms with van der Waals surface area (Å²) in [7, 11) is 1.75. The number of anilines is 1. The lowest BCUT2D eigenvalue weighted by atomic mass is 10.2. The van der Waals surface area contributed by atoms with E-state index in [1.807, 2.05) is 0 Å². The average Bonchev–Trinajstić information content (AvgIpc) is 3.26. The molecule has 20 heavy (non-hydrogen) atoms. The number of ether oxygens (including phenoxy) is 1. The Morgan fingerprint density at radius 3 is 2.80 bits per heavy atom. The Kier molecular flexibility index (Phi) is 6.14. The minimum Gasteiger partial charge on any atom is -0.383 e. The fraction of sp³-hybridized carbons (Fsp3) is 0.625. The van der Waals surface area contributed by atoms with Crippen molar-refractivity contribution in [2.75, 3.05) is 31.7 Å². The van der Waals surface area contributed by atoms with Gasteiger partial charge >= 0.3 is 0 Å². The van der Waals surface area contributed by atoms with Crippen LogP contribution >= 0.6 is 11.6 Å². The lowest BCUT2D eigenvalue weighted by Gasteiger charge is -2.25. The van der Waals surface area contributed by atoms with E-state index in [-0.39, 0.29) is 0 Å². The number of hydrogen-bond donors (Lipinski definition) is 1. The third kappa shape index (κ3) is 4.37. The summed E-state index contributed by atoms with van der Waals surface area (Å²) in [6.07, 6.45) is 3.70. The van der Waals surface area contributed by atoms with Gasteiger partial charge in [0, 0.05) is 37.0 Å². The van der Waals surface area contributed by atoms with Crippen LogP contribution in [0.3, 0.4) is 0 Å². The van der Waals surface area contributed by atoms with E-state index in [2.05, 4.69) is 35.3 Å². The zero-order valence-electron chi connectivity index (χ0n) is 12.5. The molecule has 0 atom stereocenters. The summed E-state index contributed by atoms with van der Waals surface area (Å²) < 4.78 is 5.21. The largest absolute Gasteiger partial charge is 0.383 e. The highest BCUT2D eigenvalue weighted by Gasteiger charge is 2.29. The maximum atomic E-state index is 6.41. The number of halogens is 1. The maximum absolute atomic E-state index is 6.41. The molecule has 0 aliphatic heterocycles. The fourth-order valence-corrected chi connectivity index (χ4v) is 2.60. The molecule has 1 aromatic carbocycles. The Bertz CT molecular complexity index is 421. The minimum atomic E-state index is 0.672. The van der Waals surface area contributed by atoms with Crippen LogP contribution < -0.4 is 10.2 Å². The highest BCUT2D eigenvalue weighted by atomic mass is 35.5. The Balaban J connectivity index is 2.02. The number of rotatable bonds is 9. The Morgan fingerprint density at radius 1 is 1.40 bits per heavy atom. The van der Waals surface area contributed by atoms with Crippen molar-refractivity contribution in [2.24, 2.45) is 0 Å². The second kappa shape index (κ2) is 7.87. The number of hydrogen-bond acceptors (Lipinski definition) is 3. The third-order valence-electron chi connectivity index (χ3n) is 3.63. The van der Waals surface area contributed by atoms with Crippen LogP contribution in [0, 0.1) is 0 Å². The van der Waals surface area contributed by atoms with Crippen LogP contribution in [0.25, 0.3) is 0 Å². The molecule has 1 aliphatic carbocycles. The van der Waals surface area contributed by atoms with Crippen molar-refractivity contribution in [3.05, 3.63) is 28.8 Å². The van der Waals surface area contributed by atoms with Crippen LogP contribution in [0.2, 0.25) is 5.02 Å². The van der Waals surface area contributed by atoms with Crippen molar-refractivity contribution in [1.82, 2.24) is 5.32 Å². The summed E-state index contributed by atoms with van der Waals surface area (Å²) >= 11 is 6.41. The molecule has 0 heterocycles. The zero-order valence-corrected chi connectivity index (χ0v) is 13.2. The zero-order chi connectivity index (χ0) is 14.4. The monoisotopic (exact) mass is 296 g/mol. The molecule has 0 aromatic heterocycles. The smallest absolute Gasteiger partial charge is 0.0637 e. The van der Waals surface area contributed by atoms with E-state index in [9.17, 15) is 0 Å². The predicted octanol–water partition coefficient (Wildman–Crippen LogP) is 3.45. The van der Waals surface area contributed by atoms with Crippen molar-refractivity contribution in [3.8, 4) is 0 Å². The first-order valence-electron chi connectivity index (χ1n) is 7.51. The lowest BCUT2D eigenvalue weighted by Crippen LogP contribution is -2.29. The SMILES string of the molecule is CCCNCc1ccc(N(CCOC)C2CC2)cc1Cl. The van der Waals surface area contributed by atoms with E-state index in [0.29, 0.717) is 6.04 Å². The highest BCUT2D eigenvalue weighted by Crippen LogP contribution is 2.33. The number of nitrogens with zero attached hydrogens (tertiary/aromatic N) is 1. The van der Waals surface area contributed by atoms with Gasteiger partial charge in [-0.2, -0.15) is 0 Å². The predicted molar refractivity (Wildman–Crippen MR) is 85.7 cm³/mol. The quantitative estimate of drug-likeness (QED) is 0.706. The number of benzene rings is 1. The summed E-state index contributed by atoms with van der Waals surface area (Å²) in [5.41, 5.74) is 2.39. The first-order chi connectivity index (χ1) is 9.76. The van der Waals surface area contributed by atoms with Crippen LogP contribution in [-0.4, -0.2) is 32.8 Å². The Hall–Kier alpha value is -0.770. The molecular weight excluding hydrogens is 272 g/mol. The molecule has 1 saturated carbocycles. The Morgan fingerprint density at radius 2 is 2.20 bits per heavy atom. The van der Waals surface area contributed by atoms with E-state index in [1.54, 1.807) is 7.11 Å². The molecule has 112 valence electrons. The molecule has 0 saturated heterocycles. The lowest BCUT2D eigenvalue weighted by molar-refractivity contribution is 0.205. The molecule has 0 spiro atoms. The van der Waals surface area contributed by atoms with Gasteiger partial charge in [-0.05, 0) is 43.5 Å². The van der Waals surface area contributed by atoms with E-state index >= 15 is 0 Å². The molecule has 1 fully saturated rings. The second-order valence-corrected chi connectivity index (χ2v) is 5.78. The van der Waals surface area contributed by atoms with Crippen molar-refractivity contribution in [2.45, 2.75) is 38.8 Å². The third-order valence-corrected chi connectivity index (χ3v) is 3.99. The van der Waals surface area contributed by atoms with Crippen molar-refractivity contribution in [1.29, 1.82) is 0 Å². The molecule has 1 aliphatic rings. The number of nitrogens with one attached hydrogen (secondary N) is 1. The van der Waals surface area contributed by atoms with Crippen molar-refractivity contribution in [3.63, 3.8) is 0 Å². The first-order valence-corrected chi connectivity index (χ1v) is 7.88. The van der Waals surface area contributed by atoms with Crippen molar-refractivity contribution < 1.29 is 4.74 Å². The second-order valence-electron chi connectivity index (χ2n) is 5.37. The molecule has 0 radical (unpaired) electrons. The summed E-state index contributed by atoms with van der Waals surface area (Å²) in [5, 5.41) is 4.25. The van der Waals surface area contributed by atoms with Gasteiger partial charge in [-0.15, -0.1) is 0 Å². The summed E-state index contributed by atoms with van der Waals surface area (Å²) in [4.78, 5) is 2.42. The molecule has 0 unspecified atom stereocenters. The number of methoxy groups -OCH3 is 1. The molecule has 4 heteroatoms. The van der Waals surface area contributed by atoms with Crippen molar-refractivity contribution >= 4 is 17.3 Å². The van der Waals surface area contributed by atoms with Gasteiger partial charge in [-0.3, -0.25) is 0 Å². The van der Waals surface area contributed by atoms with E-state index < -0.39 is 0 Å². The van der Waals surface area contributed by atoms with Gasteiger partial charge in [0.15, 0.2) is 0 Å². The fourth-order valence-electron chi connectivity index (χ4n) is 2.36. The van der Waals surface area contributed by atoms with Crippen LogP contribution in [0.15, 0.2) is 18.2 Å². The average molecular weight is 297 g/mol.